The Labute approximate surface area is 185 Å². The normalized spacial score (nSPS) is 11.1. The smallest absolute Gasteiger partial charge is 0.339 e. The van der Waals surface area contributed by atoms with E-state index in [0.29, 0.717) is 38.1 Å². The number of para-hydroxylation sites is 1. The molecule has 8 heteroatoms. The lowest BCUT2D eigenvalue weighted by Gasteiger charge is -2.09. The Hall–Kier alpha value is -3.55. The van der Waals surface area contributed by atoms with Gasteiger partial charge in [0.05, 0.1) is 32.6 Å². The summed E-state index contributed by atoms with van der Waals surface area (Å²) in [7, 11) is 0. The quantitative estimate of drug-likeness (QED) is 0.382. The molecule has 0 aliphatic heterocycles. The summed E-state index contributed by atoms with van der Waals surface area (Å²) in [5.41, 5.74) is 1.93. The first-order valence-electron chi connectivity index (χ1n) is 9.38. The molecular formula is C23H14ClN3O3S. The lowest BCUT2D eigenvalue weighted by atomic mass is 10.1. The summed E-state index contributed by atoms with van der Waals surface area (Å²) in [6, 6.07) is 17.8. The Morgan fingerprint density at radius 3 is 2.71 bits per heavy atom. The van der Waals surface area contributed by atoms with Gasteiger partial charge in [-0.05, 0) is 41.8 Å². The van der Waals surface area contributed by atoms with E-state index >= 15 is 0 Å². The Bertz CT molecular complexity index is 1500. The van der Waals surface area contributed by atoms with E-state index in [4.69, 9.17) is 16.3 Å². The van der Waals surface area contributed by atoms with Gasteiger partial charge in [-0.25, -0.2) is 14.8 Å². The number of nitrogens with one attached hydrogen (secondary N) is 1. The fourth-order valence-electron chi connectivity index (χ4n) is 3.34. The zero-order valence-corrected chi connectivity index (χ0v) is 17.5. The first-order chi connectivity index (χ1) is 15.1. The lowest BCUT2D eigenvalue weighted by Crippen LogP contribution is -2.15. The van der Waals surface area contributed by atoms with E-state index in [2.05, 4.69) is 15.0 Å². The van der Waals surface area contributed by atoms with Crippen LogP contribution in [0.25, 0.3) is 32.4 Å². The number of fused-ring (bicyclic) bond motifs is 2. The molecule has 0 amide bonds. The highest BCUT2D eigenvalue weighted by Gasteiger charge is 2.16. The van der Waals surface area contributed by atoms with Gasteiger partial charge in [0.25, 0.3) is 5.56 Å². The summed E-state index contributed by atoms with van der Waals surface area (Å²) in [4.78, 5) is 37.9. The van der Waals surface area contributed by atoms with Crippen molar-refractivity contribution in [3.63, 3.8) is 0 Å². The average molecular weight is 448 g/mol. The van der Waals surface area contributed by atoms with Crippen LogP contribution < -0.4 is 5.56 Å². The Morgan fingerprint density at radius 1 is 1.00 bits per heavy atom. The summed E-state index contributed by atoms with van der Waals surface area (Å²) < 4.78 is 5.50. The summed E-state index contributed by atoms with van der Waals surface area (Å²) in [5, 5.41) is 3.54. The van der Waals surface area contributed by atoms with Crippen molar-refractivity contribution in [1.29, 1.82) is 0 Å². The zero-order chi connectivity index (χ0) is 21.4. The van der Waals surface area contributed by atoms with Crippen molar-refractivity contribution >= 4 is 50.7 Å². The number of aromatic nitrogens is 3. The van der Waals surface area contributed by atoms with Crippen LogP contribution in [0.4, 0.5) is 0 Å². The average Bonchev–Trinajstić information content (AvgIpc) is 3.31. The molecule has 2 aromatic carbocycles. The van der Waals surface area contributed by atoms with Gasteiger partial charge >= 0.3 is 5.97 Å². The number of hydrogen-bond donors (Lipinski definition) is 1. The largest absolute Gasteiger partial charge is 0.454 e. The van der Waals surface area contributed by atoms with Gasteiger partial charge in [0.1, 0.15) is 12.4 Å². The van der Waals surface area contributed by atoms with Crippen LogP contribution in [0, 0.1) is 0 Å². The van der Waals surface area contributed by atoms with E-state index in [1.54, 1.807) is 35.6 Å². The standard InChI is InChI=1S/C23H14ClN3O3S/c24-13-7-8-15-18(10-13)26-21(27-22(15)28)12-30-23(29)16-11-19(20-6-3-9-31-20)25-17-5-2-1-4-14(16)17/h1-11H,12H2,(H,26,27,28). The topological polar surface area (TPSA) is 84.9 Å². The van der Waals surface area contributed by atoms with Gasteiger partial charge in [0.2, 0.25) is 0 Å². The molecule has 0 saturated carbocycles. The second kappa shape index (κ2) is 7.94. The van der Waals surface area contributed by atoms with Crippen molar-refractivity contribution < 1.29 is 9.53 Å². The molecule has 0 spiro atoms. The third-order valence-electron chi connectivity index (χ3n) is 4.77. The number of pyridine rings is 1. The number of carbonyl (C=O) groups excluding carboxylic acids is 1. The number of nitrogens with zero attached hydrogens (tertiary/aromatic N) is 2. The molecule has 31 heavy (non-hydrogen) atoms. The van der Waals surface area contributed by atoms with Crippen LogP contribution in [0.15, 0.2) is 70.8 Å². The maximum absolute atomic E-state index is 13.0. The molecule has 3 heterocycles. The number of carbonyl (C=O) groups is 1. The van der Waals surface area contributed by atoms with E-state index in [1.165, 1.54) is 0 Å². The van der Waals surface area contributed by atoms with Crippen molar-refractivity contribution in [2.24, 2.45) is 0 Å². The molecule has 0 unspecified atom stereocenters. The van der Waals surface area contributed by atoms with E-state index in [9.17, 15) is 9.59 Å². The molecule has 152 valence electrons. The van der Waals surface area contributed by atoms with Crippen LogP contribution in [0.1, 0.15) is 16.2 Å². The molecule has 1 N–H and O–H groups in total. The van der Waals surface area contributed by atoms with Gasteiger partial charge in [0.15, 0.2) is 0 Å². The number of aromatic amines is 1. The van der Waals surface area contributed by atoms with Crippen molar-refractivity contribution in [2.45, 2.75) is 6.61 Å². The van der Waals surface area contributed by atoms with E-state index in [1.807, 2.05) is 41.8 Å². The zero-order valence-electron chi connectivity index (χ0n) is 16.0. The Morgan fingerprint density at radius 2 is 1.87 bits per heavy atom. The molecular weight excluding hydrogens is 434 g/mol. The molecule has 0 fully saturated rings. The lowest BCUT2D eigenvalue weighted by molar-refractivity contribution is 0.0464. The van der Waals surface area contributed by atoms with Crippen molar-refractivity contribution in [2.75, 3.05) is 0 Å². The summed E-state index contributed by atoms with van der Waals surface area (Å²) in [5.74, 6) is -0.282. The molecule has 5 aromatic rings. The minimum atomic E-state index is -0.523. The fourth-order valence-corrected chi connectivity index (χ4v) is 4.19. The number of hydrogen-bond acceptors (Lipinski definition) is 6. The van der Waals surface area contributed by atoms with Crippen molar-refractivity contribution in [1.82, 2.24) is 15.0 Å². The molecule has 0 aliphatic rings. The molecule has 6 nitrogen and oxygen atoms in total. The number of benzene rings is 2. The third-order valence-corrected chi connectivity index (χ3v) is 5.89. The second-order valence-electron chi connectivity index (χ2n) is 6.80. The highest BCUT2D eigenvalue weighted by molar-refractivity contribution is 7.13. The van der Waals surface area contributed by atoms with Crippen LogP contribution in [0.3, 0.4) is 0 Å². The van der Waals surface area contributed by atoms with Gasteiger partial charge in [-0.2, -0.15) is 0 Å². The molecule has 0 radical (unpaired) electrons. The van der Waals surface area contributed by atoms with Gasteiger partial charge in [0, 0.05) is 10.4 Å². The molecule has 0 aliphatic carbocycles. The minimum Gasteiger partial charge on any atom is -0.454 e. The van der Waals surface area contributed by atoms with Crippen LogP contribution in [0.5, 0.6) is 0 Å². The summed E-state index contributed by atoms with van der Waals surface area (Å²) >= 11 is 7.54. The molecule has 0 saturated heterocycles. The Balaban J connectivity index is 1.48. The molecule has 3 aromatic heterocycles. The van der Waals surface area contributed by atoms with Gasteiger partial charge in [-0.3, -0.25) is 4.79 Å². The van der Waals surface area contributed by atoms with Gasteiger partial charge in [-0.1, -0.05) is 35.9 Å². The van der Waals surface area contributed by atoms with E-state index < -0.39 is 5.97 Å². The van der Waals surface area contributed by atoms with Crippen LogP contribution >= 0.6 is 22.9 Å². The van der Waals surface area contributed by atoms with Crippen molar-refractivity contribution in [3.05, 3.63) is 92.8 Å². The third kappa shape index (κ3) is 3.81. The van der Waals surface area contributed by atoms with Crippen LogP contribution in [-0.2, 0) is 11.3 Å². The maximum atomic E-state index is 13.0. The highest BCUT2D eigenvalue weighted by Crippen LogP contribution is 2.28. The molecule has 5 rings (SSSR count). The Kier molecular flexibility index (Phi) is 4.97. The fraction of sp³-hybridized carbons (Fsp3) is 0.0435. The number of ether oxygens (including phenoxy) is 1. The monoisotopic (exact) mass is 447 g/mol. The predicted octanol–water partition coefficient (Wildman–Crippen LogP) is 5.21. The predicted molar refractivity (Wildman–Crippen MR) is 122 cm³/mol. The number of halogens is 1. The van der Waals surface area contributed by atoms with Crippen LogP contribution in [-0.4, -0.2) is 20.9 Å². The van der Waals surface area contributed by atoms with Crippen LogP contribution in [0.2, 0.25) is 5.02 Å². The minimum absolute atomic E-state index is 0.179. The van der Waals surface area contributed by atoms with Crippen molar-refractivity contribution in [3.8, 4) is 10.6 Å². The maximum Gasteiger partial charge on any atom is 0.339 e. The highest BCUT2D eigenvalue weighted by atomic mass is 35.5. The number of rotatable bonds is 4. The SMILES string of the molecule is O=C(OCc1nc2cc(Cl)ccc2c(=O)[nH]1)c1cc(-c2cccs2)nc2ccccc12. The van der Waals surface area contributed by atoms with Gasteiger partial charge in [-0.15, -0.1) is 11.3 Å². The first-order valence-corrected chi connectivity index (χ1v) is 10.6. The molecule has 0 bridgehead atoms. The summed E-state index contributed by atoms with van der Waals surface area (Å²) in [6.45, 7) is -0.179. The number of esters is 1. The summed E-state index contributed by atoms with van der Waals surface area (Å²) in [6.07, 6.45) is 0. The van der Waals surface area contributed by atoms with E-state index in [0.717, 1.165) is 4.88 Å². The van der Waals surface area contributed by atoms with Gasteiger partial charge < -0.3 is 9.72 Å². The van der Waals surface area contributed by atoms with E-state index in [-0.39, 0.29) is 18.0 Å². The number of H-pyrrole nitrogens is 1. The molecule has 0 atom stereocenters. The number of thiophene rings is 1. The first kappa shape index (κ1) is 19.4. The second-order valence-corrected chi connectivity index (χ2v) is 8.18.